The molecule has 0 fully saturated rings. The molecule has 0 radical (unpaired) electrons. The van der Waals surface area contributed by atoms with Crippen LogP contribution >= 0.6 is 0 Å². The molecule has 0 bridgehead atoms. The summed E-state index contributed by atoms with van der Waals surface area (Å²) in [6.45, 7) is 1.59. The summed E-state index contributed by atoms with van der Waals surface area (Å²) in [6, 6.07) is 15.0. The molecule has 0 aromatic heterocycles. The second-order valence-corrected chi connectivity index (χ2v) is 11.2. The fraction of sp³-hybridized carbons (Fsp3) is 0.353. The number of phenols is 1. The van der Waals surface area contributed by atoms with Gasteiger partial charge in [-0.25, -0.2) is 0 Å². The zero-order valence-electron chi connectivity index (χ0n) is 26.9. The quantitative estimate of drug-likeness (QED) is 0.0637. The minimum absolute atomic E-state index is 0.148. The van der Waals surface area contributed by atoms with E-state index >= 15 is 0 Å². The summed E-state index contributed by atoms with van der Waals surface area (Å²) in [5, 5.41) is 42.9. The lowest BCUT2D eigenvalue weighted by Crippen LogP contribution is -2.27. The molecule has 5 N–H and O–H groups in total. The number of nitro benzene ring substituents is 2. The van der Waals surface area contributed by atoms with Crippen molar-refractivity contribution < 1.29 is 34.1 Å². The van der Waals surface area contributed by atoms with Crippen LogP contribution in [0.1, 0.15) is 92.8 Å². The molecule has 0 saturated carbocycles. The van der Waals surface area contributed by atoms with Gasteiger partial charge in [0.2, 0.25) is 0 Å². The molecule has 15 heteroatoms. The van der Waals surface area contributed by atoms with Gasteiger partial charge < -0.3 is 26.4 Å². The van der Waals surface area contributed by atoms with E-state index in [0.29, 0.717) is 51.9 Å². The molecule has 0 unspecified atom stereocenters. The third-order valence-corrected chi connectivity index (χ3v) is 7.43. The van der Waals surface area contributed by atoms with E-state index in [1.54, 1.807) is 0 Å². The Morgan fingerprint density at radius 1 is 0.490 bits per heavy atom. The average molecular weight is 677 g/mol. The van der Waals surface area contributed by atoms with Crippen molar-refractivity contribution >= 4 is 35.0 Å². The van der Waals surface area contributed by atoms with Gasteiger partial charge in [0, 0.05) is 72.7 Å². The van der Waals surface area contributed by atoms with Crippen molar-refractivity contribution in [3.05, 3.63) is 109 Å². The molecular weight excluding hydrogens is 636 g/mol. The molecule has 0 atom stereocenters. The molecule has 260 valence electrons. The molecule has 0 aliphatic heterocycles. The predicted molar refractivity (Wildman–Crippen MR) is 181 cm³/mol. The first-order valence-electron chi connectivity index (χ1n) is 16.0. The van der Waals surface area contributed by atoms with Crippen LogP contribution in [-0.4, -0.2) is 64.8 Å². The van der Waals surface area contributed by atoms with Crippen LogP contribution in [0.2, 0.25) is 0 Å². The monoisotopic (exact) mass is 676 g/mol. The highest BCUT2D eigenvalue weighted by atomic mass is 16.6. The van der Waals surface area contributed by atoms with E-state index in [1.807, 2.05) is 0 Å². The van der Waals surface area contributed by atoms with Crippen LogP contribution < -0.4 is 21.3 Å². The number of carbonyl (C=O) groups is 4. The lowest BCUT2D eigenvalue weighted by molar-refractivity contribution is -0.385. The Morgan fingerprint density at radius 2 is 0.816 bits per heavy atom. The largest absolute Gasteiger partial charge is 0.508 e. The van der Waals surface area contributed by atoms with Crippen molar-refractivity contribution in [3.63, 3.8) is 0 Å². The molecule has 3 rings (SSSR count). The minimum atomic E-state index is -0.554. The van der Waals surface area contributed by atoms with Gasteiger partial charge in [-0.1, -0.05) is 37.8 Å². The number of hydrogen-bond donors (Lipinski definition) is 5. The molecule has 0 saturated heterocycles. The number of amides is 4. The van der Waals surface area contributed by atoms with Crippen LogP contribution in [0.25, 0.3) is 0 Å². The number of aromatic hydroxyl groups is 1. The molecule has 3 aromatic rings. The van der Waals surface area contributed by atoms with Crippen molar-refractivity contribution in [2.45, 2.75) is 51.4 Å². The highest BCUT2D eigenvalue weighted by molar-refractivity contribution is 6.00. The Morgan fingerprint density at radius 3 is 1.14 bits per heavy atom. The van der Waals surface area contributed by atoms with Crippen molar-refractivity contribution in [2.24, 2.45) is 0 Å². The fourth-order valence-corrected chi connectivity index (χ4v) is 4.82. The second kappa shape index (κ2) is 19.7. The number of nitrogens with one attached hydrogen (secondary N) is 4. The summed E-state index contributed by atoms with van der Waals surface area (Å²) < 4.78 is 0. The summed E-state index contributed by atoms with van der Waals surface area (Å²) in [7, 11) is 0. The third-order valence-electron chi connectivity index (χ3n) is 7.43. The summed E-state index contributed by atoms with van der Waals surface area (Å²) in [5.41, 5.74) is 0.457. The molecule has 0 aliphatic carbocycles. The van der Waals surface area contributed by atoms with Gasteiger partial charge in [0.15, 0.2) is 0 Å². The van der Waals surface area contributed by atoms with E-state index in [4.69, 9.17) is 0 Å². The second-order valence-electron chi connectivity index (χ2n) is 11.2. The van der Waals surface area contributed by atoms with Crippen LogP contribution in [0, 0.1) is 20.2 Å². The van der Waals surface area contributed by atoms with Gasteiger partial charge in [-0.3, -0.25) is 39.4 Å². The Bertz CT molecular complexity index is 1530. The number of hydrogen-bond acceptors (Lipinski definition) is 9. The normalized spacial score (nSPS) is 10.5. The van der Waals surface area contributed by atoms with Gasteiger partial charge in [0.25, 0.3) is 35.0 Å². The first kappa shape index (κ1) is 37.6. The predicted octanol–water partition coefficient (Wildman–Crippen LogP) is 4.65. The number of phenolic OH excluding ortho intramolecular Hbond substituents is 1. The van der Waals surface area contributed by atoms with Gasteiger partial charge in [0.1, 0.15) is 5.75 Å². The maximum absolute atomic E-state index is 12.6. The van der Waals surface area contributed by atoms with Gasteiger partial charge in [0.05, 0.1) is 9.85 Å². The van der Waals surface area contributed by atoms with E-state index in [9.17, 15) is 44.5 Å². The third kappa shape index (κ3) is 13.0. The highest BCUT2D eigenvalue weighted by Crippen LogP contribution is 2.17. The van der Waals surface area contributed by atoms with Gasteiger partial charge >= 0.3 is 0 Å². The smallest absolute Gasteiger partial charge is 0.270 e. The van der Waals surface area contributed by atoms with Crippen LogP contribution in [-0.2, 0) is 0 Å². The maximum Gasteiger partial charge on any atom is 0.270 e. The Hall–Kier alpha value is -5.86. The maximum atomic E-state index is 12.6. The van der Waals surface area contributed by atoms with Gasteiger partial charge in [-0.15, -0.1) is 0 Å². The Labute approximate surface area is 282 Å². The van der Waals surface area contributed by atoms with Gasteiger partial charge in [-0.2, -0.15) is 0 Å². The SMILES string of the molecule is O=C(NCCCCCCNC(=O)c1cccc([N+](=O)[O-])c1)c1cc(O)cc(C(=O)NCCCCCCNC(=O)c2cccc([N+](=O)[O-])c2)c1. The Balaban J connectivity index is 1.26. The van der Waals surface area contributed by atoms with Gasteiger partial charge in [-0.05, 0) is 56.0 Å². The lowest BCUT2D eigenvalue weighted by atomic mass is 10.1. The fourth-order valence-electron chi connectivity index (χ4n) is 4.82. The van der Waals surface area contributed by atoms with E-state index in [2.05, 4.69) is 21.3 Å². The Kier molecular flexibility index (Phi) is 15.1. The van der Waals surface area contributed by atoms with Crippen molar-refractivity contribution in [2.75, 3.05) is 26.2 Å². The number of unbranched alkanes of at least 4 members (excludes halogenated alkanes) is 6. The number of rotatable bonds is 20. The van der Waals surface area contributed by atoms with E-state index in [1.165, 1.54) is 66.7 Å². The highest BCUT2D eigenvalue weighted by Gasteiger charge is 2.14. The zero-order valence-corrected chi connectivity index (χ0v) is 26.9. The van der Waals surface area contributed by atoms with Crippen LogP contribution in [0.15, 0.2) is 66.7 Å². The molecule has 4 amide bonds. The summed E-state index contributed by atoms with van der Waals surface area (Å²) in [5.74, 6) is -1.82. The summed E-state index contributed by atoms with van der Waals surface area (Å²) in [4.78, 5) is 70.3. The van der Waals surface area contributed by atoms with E-state index < -0.39 is 21.7 Å². The first-order valence-corrected chi connectivity index (χ1v) is 16.0. The van der Waals surface area contributed by atoms with Crippen molar-refractivity contribution in [1.29, 1.82) is 0 Å². The van der Waals surface area contributed by atoms with Crippen LogP contribution in [0.4, 0.5) is 11.4 Å². The molecule has 0 heterocycles. The molecular formula is C34H40N6O9. The minimum Gasteiger partial charge on any atom is -0.508 e. The number of benzene rings is 3. The van der Waals surface area contributed by atoms with Crippen molar-refractivity contribution in [1.82, 2.24) is 21.3 Å². The molecule has 0 spiro atoms. The van der Waals surface area contributed by atoms with E-state index in [-0.39, 0.29) is 51.2 Å². The lowest BCUT2D eigenvalue weighted by Gasteiger charge is -2.10. The number of nitrogens with zero attached hydrogens (tertiary/aromatic N) is 2. The van der Waals surface area contributed by atoms with Crippen LogP contribution in [0.3, 0.4) is 0 Å². The summed E-state index contributed by atoms with van der Waals surface area (Å²) in [6.07, 6.45) is 5.92. The number of non-ortho nitro benzene ring substituents is 2. The van der Waals surface area contributed by atoms with E-state index in [0.717, 1.165) is 25.7 Å². The molecule has 49 heavy (non-hydrogen) atoms. The number of carbonyl (C=O) groups excluding carboxylic acids is 4. The number of nitro groups is 2. The van der Waals surface area contributed by atoms with Crippen LogP contribution in [0.5, 0.6) is 5.75 Å². The molecule has 0 aliphatic rings. The molecule has 3 aromatic carbocycles. The first-order chi connectivity index (χ1) is 23.5. The topological polar surface area (TPSA) is 223 Å². The average Bonchev–Trinajstić information content (AvgIpc) is 3.09. The summed E-state index contributed by atoms with van der Waals surface area (Å²) >= 11 is 0. The standard InChI is InChI=1S/C34H40N6O9/c41-30-22-26(33(44)37-17-7-3-1-5-15-35-31(42)24-11-9-13-28(20-24)39(46)47)19-27(23-30)34(45)38-18-8-4-2-6-16-36-32(43)25-12-10-14-29(21-25)40(48)49/h9-14,19-23,41H,1-8,15-18H2,(H,35,42)(H,36,43)(H,37,44)(H,38,45). The molecule has 15 nitrogen and oxygen atoms in total. The zero-order chi connectivity index (χ0) is 35.6. The van der Waals surface area contributed by atoms with Crippen molar-refractivity contribution in [3.8, 4) is 5.75 Å².